The third kappa shape index (κ3) is 2.47. The zero-order chi connectivity index (χ0) is 12.4. The second-order valence-electron chi connectivity index (χ2n) is 3.89. The largest absolute Gasteiger partial charge is 0.368 e. The van der Waals surface area contributed by atoms with Crippen molar-refractivity contribution in [3.8, 4) is 11.3 Å². The molecule has 0 aliphatic rings. The lowest BCUT2D eigenvalue weighted by Gasteiger charge is -2.04. The van der Waals surface area contributed by atoms with Gasteiger partial charge in [-0.3, -0.25) is 4.79 Å². The molecule has 0 radical (unpaired) electrons. The van der Waals surface area contributed by atoms with E-state index in [4.69, 9.17) is 5.73 Å². The van der Waals surface area contributed by atoms with Crippen LogP contribution in [-0.4, -0.2) is 15.8 Å². The van der Waals surface area contributed by atoms with Crippen molar-refractivity contribution in [2.75, 3.05) is 5.73 Å². The number of nitrogen functional groups attached to an aromatic ring is 1. The van der Waals surface area contributed by atoms with Gasteiger partial charge in [-0.25, -0.2) is 9.97 Å². The van der Waals surface area contributed by atoms with Crippen LogP contribution < -0.4 is 5.73 Å². The van der Waals surface area contributed by atoms with Crippen molar-refractivity contribution in [3.05, 3.63) is 41.6 Å². The lowest BCUT2D eigenvalue weighted by Crippen LogP contribution is -1.99. The maximum Gasteiger partial charge on any atom is 0.220 e. The van der Waals surface area contributed by atoms with Crippen molar-refractivity contribution in [3.63, 3.8) is 0 Å². The molecule has 0 atom stereocenters. The molecule has 17 heavy (non-hydrogen) atoms. The molecule has 86 valence electrons. The number of nitrogens with zero attached hydrogens (tertiary/aromatic N) is 2. The second-order valence-corrected chi connectivity index (χ2v) is 3.89. The second kappa shape index (κ2) is 4.33. The smallest absolute Gasteiger partial charge is 0.220 e. The van der Waals surface area contributed by atoms with Crippen LogP contribution in [0.3, 0.4) is 0 Å². The van der Waals surface area contributed by atoms with E-state index in [1.807, 2.05) is 31.2 Å². The summed E-state index contributed by atoms with van der Waals surface area (Å²) in [7, 11) is 0. The fraction of sp³-hybridized carbons (Fsp3) is 0.154. The fourth-order valence-electron chi connectivity index (χ4n) is 1.64. The van der Waals surface area contributed by atoms with Crippen LogP contribution in [-0.2, 0) is 0 Å². The maximum absolute atomic E-state index is 11.3. The molecule has 0 spiro atoms. The number of aryl methyl sites for hydroxylation is 1. The zero-order valence-electron chi connectivity index (χ0n) is 9.77. The minimum atomic E-state index is 0.0330. The van der Waals surface area contributed by atoms with Gasteiger partial charge in [0.25, 0.3) is 0 Å². The first-order valence-corrected chi connectivity index (χ1v) is 5.29. The Morgan fingerprint density at radius 2 is 2.00 bits per heavy atom. The summed E-state index contributed by atoms with van der Waals surface area (Å²) in [6.45, 7) is 3.40. The summed E-state index contributed by atoms with van der Waals surface area (Å²) in [5, 5.41) is 0. The monoisotopic (exact) mass is 227 g/mol. The molecule has 1 aromatic heterocycles. The van der Waals surface area contributed by atoms with Crippen LogP contribution in [0.25, 0.3) is 11.3 Å². The molecule has 0 aliphatic heterocycles. The van der Waals surface area contributed by atoms with Crippen LogP contribution in [0.2, 0.25) is 0 Å². The first-order valence-electron chi connectivity index (χ1n) is 5.29. The van der Waals surface area contributed by atoms with E-state index in [1.54, 1.807) is 13.0 Å². The van der Waals surface area contributed by atoms with E-state index in [0.29, 0.717) is 5.56 Å². The van der Waals surface area contributed by atoms with Gasteiger partial charge in [0.05, 0.1) is 5.69 Å². The molecule has 0 unspecified atom stereocenters. The number of aromatic nitrogens is 2. The number of ketones is 1. The molecule has 0 amide bonds. The number of benzene rings is 1. The standard InChI is InChI=1S/C13H13N3O/c1-8-6-12(16-13(14)15-8)11-5-3-4-10(7-11)9(2)17/h3-7H,1-2H3,(H2,14,15,16). The summed E-state index contributed by atoms with van der Waals surface area (Å²) in [5.41, 5.74) is 8.68. The minimum Gasteiger partial charge on any atom is -0.368 e. The molecule has 2 N–H and O–H groups in total. The molecule has 1 heterocycles. The molecule has 0 fully saturated rings. The lowest BCUT2D eigenvalue weighted by molar-refractivity contribution is 0.101. The maximum atomic E-state index is 11.3. The Hall–Kier alpha value is -2.23. The van der Waals surface area contributed by atoms with Gasteiger partial charge in [0.2, 0.25) is 5.95 Å². The lowest BCUT2D eigenvalue weighted by atomic mass is 10.1. The zero-order valence-corrected chi connectivity index (χ0v) is 9.77. The summed E-state index contributed by atoms with van der Waals surface area (Å²) < 4.78 is 0. The molecule has 0 saturated heterocycles. The van der Waals surface area contributed by atoms with Crippen LogP contribution in [0, 0.1) is 6.92 Å². The van der Waals surface area contributed by atoms with E-state index >= 15 is 0 Å². The summed E-state index contributed by atoms with van der Waals surface area (Å²) in [6, 6.07) is 9.16. The van der Waals surface area contributed by atoms with Gasteiger partial charge in [-0.15, -0.1) is 0 Å². The highest BCUT2D eigenvalue weighted by atomic mass is 16.1. The minimum absolute atomic E-state index is 0.0330. The molecule has 0 saturated carbocycles. The van der Waals surface area contributed by atoms with Gasteiger partial charge in [0, 0.05) is 16.8 Å². The molecule has 0 aliphatic carbocycles. The molecule has 1 aromatic carbocycles. The van der Waals surface area contributed by atoms with Crippen LogP contribution in [0.4, 0.5) is 5.95 Å². The first kappa shape index (κ1) is 11.3. The predicted molar refractivity (Wildman–Crippen MR) is 66.6 cm³/mol. The number of nitrogens with two attached hydrogens (primary N) is 1. The molecule has 2 rings (SSSR count). The highest BCUT2D eigenvalue weighted by Crippen LogP contribution is 2.19. The Morgan fingerprint density at radius 1 is 1.24 bits per heavy atom. The summed E-state index contributed by atoms with van der Waals surface area (Å²) in [5.74, 6) is 0.277. The molecular formula is C13H13N3O. The molecular weight excluding hydrogens is 214 g/mol. The van der Waals surface area contributed by atoms with E-state index in [2.05, 4.69) is 9.97 Å². The van der Waals surface area contributed by atoms with Gasteiger partial charge in [-0.05, 0) is 26.0 Å². The van der Waals surface area contributed by atoms with Gasteiger partial charge in [-0.1, -0.05) is 18.2 Å². The summed E-state index contributed by atoms with van der Waals surface area (Å²) >= 11 is 0. The van der Waals surface area contributed by atoms with Gasteiger partial charge in [0.15, 0.2) is 5.78 Å². The number of hydrogen-bond acceptors (Lipinski definition) is 4. The van der Waals surface area contributed by atoms with Crippen molar-refractivity contribution >= 4 is 11.7 Å². The fourth-order valence-corrected chi connectivity index (χ4v) is 1.64. The van der Waals surface area contributed by atoms with Gasteiger partial charge in [0.1, 0.15) is 0 Å². The molecule has 2 aromatic rings. The summed E-state index contributed by atoms with van der Waals surface area (Å²) in [6.07, 6.45) is 0. The Balaban J connectivity index is 2.52. The number of carbonyl (C=O) groups excluding carboxylic acids is 1. The number of rotatable bonds is 2. The normalized spacial score (nSPS) is 10.2. The van der Waals surface area contributed by atoms with E-state index in [1.165, 1.54) is 0 Å². The van der Waals surface area contributed by atoms with Crippen LogP contribution in [0.1, 0.15) is 23.0 Å². The van der Waals surface area contributed by atoms with Crippen LogP contribution in [0.5, 0.6) is 0 Å². The first-order chi connectivity index (χ1) is 8.06. The SMILES string of the molecule is CC(=O)c1cccc(-c2cc(C)nc(N)n2)c1. The van der Waals surface area contributed by atoms with Crippen molar-refractivity contribution in [2.45, 2.75) is 13.8 Å². The number of Topliss-reactive ketones (excluding diaryl/α,β-unsaturated/α-hetero) is 1. The van der Waals surface area contributed by atoms with Crippen LogP contribution >= 0.6 is 0 Å². The Kier molecular flexibility index (Phi) is 2.87. The third-order valence-corrected chi connectivity index (χ3v) is 2.44. The third-order valence-electron chi connectivity index (χ3n) is 2.44. The predicted octanol–water partition coefficient (Wildman–Crippen LogP) is 2.24. The summed E-state index contributed by atoms with van der Waals surface area (Å²) in [4.78, 5) is 19.5. The highest BCUT2D eigenvalue weighted by molar-refractivity contribution is 5.95. The van der Waals surface area contributed by atoms with Crippen molar-refractivity contribution < 1.29 is 4.79 Å². The van der Waals surface area contributed by atoms with E-state index in [9.17, 15) is 4.79 Å². The number of carbonyl (C=O) groups is 1. The molecule has 4 nitrogen and oxygen atoms in total. The van der Waals surface area contributed by atoms with E-state index in [0.717, 1.165) is 17.0 Å². The van der Waals surface area contributed by atoms with Gasteiger partial charge >= 0.3 is 0 Å². The van der Waals surface area contributed by atoms with E-state index in [-0.39, 0.29) is 11.7 Å². The van der Waals surface area contributed by atoms with Crippen molar-refractivity contribution in [2.24, 2.45) is 0 Å². The van der Waals surface area contributed by atoms with Gasteiger partial charge in [-0.2, -0.15) is 0 Å². The quantitative estimate of drug-likeness (QED) is 0.799. The average Bonchev–Trinajstić information content (AvgIpc) is 2.28. The highest BCUT2D eigenvalue weighted by Gasteiger charge is 2.05. The topological polar surface area (TPSA) is 68.9 Å². The number of hydrogen-bond donors (Lipinski definition) is 1. The van der Waals surface area contributed by atoms with Gasteiger partial charge < -0.3 is 5.73 Å². The Labute approximate surface area is 99.5 Å². The Bertz CT molecular complexity index is 558. The molecule has 0 bridgehead atoms. The van der Waals surface area contributed by atoms with Crippen molar-refractivity contribution in [1.29, 1.82) is 0 Å². The van der Waals surface area contributed by atoms with Crippen LogP contribution in [0.15, 0.2) is 30.3 Å². The van der Waals surface area contributed by atoms with E-state index < -0.39 is 0 Å². The molecule has 4 heteroatoms. The Morgan fingerprint density at radius 3 is 2.65 bits per heavy atom. The van der Waals surface area contributed by atoms with Crippen molar-refractivity contribution in [1.82, 2.24) is 9.97 Å². The average molecular weight is 227 g/mol. The number of anilines is 1.